The average molecular weight is 290 g/mol. The second-order valence-corrected chi connectivity index (χ2v) is 4.93. The summed E-state index contributed by atoms with van der Waals surface area (Å²) in [5, 5.41) is 15.0. The van der Waals surface area contributed by atoms with Gasteiger partial charge in [0.1, 0.15) is 5.69 Å². The van der Waals surface area contributed by atoms with Crippen molar-refractivity contribution in [2.75, 3.05) is 18.5 Å². The van der Waals surface area contributed by atoms with Gasteiger partial charge in [-0.3, -0.25) is 20.3 Å². The molecule has 0 radical (unpaired) electrons. The van der Waals surface area contributed by atoms with Gasteiger partial charge in [-0.05, 0) is 25.3 Å². The molecule has 0 saturated carbocycles. The number of carbonyl (C=O) groups is 1. The summed E-state index contributed by atoms with van der Waals surface area (Å²) in [5.41, 5.74) is 2.87. The van der Waals surface area contributed by atoms with Gasteiger partial charge in [-0.1, -0.05) is 12.1 Å². The highest BCUT2D eigenvalue weighted by atomic mass is 16.6. The maximum absolute atomic E-state index is 11.7. The number of para-hydroxylation sites is 2. The molecule has 0 spiro atoms. The number of likely N-dealkylation sites (tertiary alicyclic amines) is 1. The fraction of sp³-hybridized carbons (Fsp3) is 0.429. The Morgan fingerprint density at radius 3 is 2.57 bits per heavy atom. The van der Waals surface area contributed by atoms with E-state index in [-0.39, 0.29) is 17.2 Å². The molecule has 7 heteroatoms. The minimum atomic E-state index is -0.480. The van der Waals surface area contributed by atoms with Crippen LogP contribution in [0.15, 0.2) is 29.4 Å². The van der Waals surface area contributed by atoms with Crippen molar-refractivity contribution in [1.82, 2.24) is 4.90 Å². The maximum Gasteiger partial charge on any atom is 0.294 e. The molecule has 1 aromatic rings. The van der Waals surface area contributed by atoms with Crippen molar-refractivity contribution in [2.24, 2.45) is 5.10 Å². The van der Waals surface area contributed by atoms with Crippen LogP contribution in [0, 0.1) is 10.1 Å². The fourth-order valence-electron chi connectivity index (χ4n) is 2.32. The third kappa shape index (κ3) is 3.77. The van der Waals surface area contributed by atoms with Crippen LogP contribution in [0.25, 0.3) is 0 Å². The summed E-state index contributed by atoms with van der Waals surface area (Å²) >= 11 is 0. The molecule has 21 heavy (non-hydrogen) atoms. The minimum absolute atomic E-state index is 0.0669. The number of nitrogens with zero attached hydrogens (tertiary/aromatic N) is 3. The fourth-order valence-corrected chi connectivity index (χ4v) is 2.32. The predicted molar refractivity (Wildman–Crippen MR) is 80.3 cm³/mol. The topological polar surface area (TPSA) is 87.8 Å². The highest BCUT2D eigenvalue weighted by molar-refractivity contribution is 6.37. The summed E-state index contributed by atoms with van der Waals surface area (Å²) in [6.45, 7) is 3.03. The number of benzene rings is 1. The van der Waals surface area contributed by atoms with Gasteiger partial charge in [-0.15, -0.1) is 0 Å². The van der Waals surface area contributed by atoms with E-state index in [9.17, 15) is 14.9 Å². The van der Waals surface area contributed by atoms with E-state index in [0.29, 0.717) is 5.84 Å². The van der Waals surface area contributed by atoms with Gasteiger partial charge in [-0.25, -0.2) is 0 Å². The molecule has 1 N–H and O–H groups in total. The summed E-state index contributed by atoms with van der Waals surface area (Å²) < 4.78 is 0. The Hall–Kier alpha value is -2.44. The molecule has 112 valence electrons. The summed E-state index contributed by atoms with van der Waals surface area (Å²) in [6, 6.07) is 6.23. The van der Waals surface area contributed by atoms with Crippen molar-refractivity contribution in [3.63, 3.8) is 0 Å². The SMILES string of the molecule is CC(=O)/C(=N\Nc1ccccc1[N+](=O)[O-])N1CCCCC1. The Kier molecular flexibility index (Phi) is 4.86. The van der Waals surface area contributed by atoms with Gasteiger partial charge in [0.2, 0.25) is 0 Å². The molecule has 0 amide bonds. The molecule has 7 nitrogen and oxygen atoms in total. The molecule has 1 heterocycles. The van der Waals surface area contributed by atoms with E-state index in [0.717, 1.165) is 32.4 Å². The van der Waals surface area contributed by atoms with Gasteiger partial charge in [0, 0.05) is 26.1 Å². The van der Waals surface area contributed by atoms with E-state index in [1.807, 2.05) is 4.90 Å². The monoisotopic (exact) mass is 290 g/mol. The smallest absolute Gasteiger partial charge is 0.294 e. The summed E-state index contributed by atoms with van der Waals surface area (Å²) in [7, 11) is 0. The number of nitro benzene ring substituents is 1. The van der Waals surface area contributed by atoms with Gasteiger partial charge >= 0.3 is 0 Å². The Bertz CT molecular complexity index is 565. The molecule has 1 fully saturated rings. The lowest BCUT2D eigenvalue weighted by Gasteiger charge is -2.28. The van der Waals surface area contributed by atoms with Crippen molar-refractivity contribution >= 4 is 23.0 Å². The number of hydrogen-bond acceptors (Lipinski definition) is 5. The molecule has 0 bridgehead atoms. The van der Waals surface area contributed by atoms with Gasteiger partial charge < -0.3 is 4.90 Å². The Balaban J connectivity index is 2.20. The number of hydrogen-bond donors (Lipinski definition) is 1. The number of amidine groups is 1. The van der Waals surface area contributed by atoms with Gasteiger partial charge in [0.05, 0.1) is 4.92 Å². The first kappa shape index (κ1) is 15.0. The molecular formula is C14H18N4O3. The first-order chi connectivity index (χ1) is 10.1. The number of Topliss-reactive ketones (excluding diaryl/α,β-unsaturated/α-hetero) is 1. The molecule has 2 rings (SSSR count). The first-order valence-corrected chi connectivity index (χ1v) is 6.92. The Morgan fingerprint density at radius 1 is 1.29 bits per heavy atom. The van der Waals surface area contributed by atoms with Crippen molar-refractivity contribution in [3.8, 4) is 0 Å². The number of rotatable bonds is 4. The Morgan fingerprint density at radius 2 is 1.95 bits per heavy atom. The highest BCUT2D eigenvalue weighted by Crippen LogP contribution is 2.23. The van der Waals surface area contributed by atoms with Crippen LogP contribution >= 0.6 is 0 Å². The van der Waals surface area contributed by atoms with E-state index >= 15 is 0 Å². The third-order valence-electron chi connectivity index (χ3n) is 3.35. The lowest BCUT2D eigenvalue weighted by molar-refractivity contribution is -0.384. The molecule has 0 atom stereocenters. The number of ketones is 1. The number of piperidine rings is 1. The number of anilines is 1. The van der Waals surface area contributed by atoms with E-state index in [4.69, 9.17) is 0 Å². The number of nitro groups is 1. The van der Waals surface area contributed by atoms with E-state index < -0.39 is 4.92 Å². The van der Waals surface area contributed by atoms with Crippen molar-refractivity contribution < 1.29 is 9.72 Å². The van der Waals surface area contributed by atoms with E-state index in [1.165, 1.54) is 13.0 Å². The van der Waals surface area contributed by atoms with Crippen LogP contribution in [-0.4, -0.2) is 34.5 Å². The quantitative estimate of drug-likeness (QED) is 0.398. The van der Waals surface area contributed by atoms with Crippen LogP contribution in [0.1, 0.15) is 26.2 Å². The molecule has 0 aliphatic carbocycles. The van der Waals surface area contributed by atoms with Crippen molar-refractivity contribution in [1.29, 1.82) is 0 Å². The highest BCUT2D eigenvalue weighted by Gasteiger charge is 2.19. The van der Waals surface area contributed by atoms with Crippen LogP contribution in [0.4, 0.5) is 11.4 Å². The zero-order valence-corrected chi connectivity index (χ0v) is 11.9. The van der Waals surface area contributed by atoms with Crippen molar-refractivity contribution in [2.45, 2.75) is 26.2 Å². The minimum Gasteiger partial charge on any atom is -0.352 e. The van der Waals surface area contributed by atoms with Crippen LogP contribution in [-0.2, 0) is 4.79 Å². The van der Waals surface area contributed by atoms with Crippen LogP contribution in [0.2, 0.25) is 0 Å². The number of carbonyl (C=O) groups excluding carboxylic acids is 1. The second kappa shape index (κ2) is 6.83. The molecule has 0 aromatic heterocycles. The van der Waals surface area contributed by atoms with Crippen LogP contribution < -0.4 is 5.43 Å². The Labute approximate surface area is 122 Å². The van der Waals surface area contributed by atoms with Gasteiger partial charge in [0.15, 0.2) is 11.6 Å². The zero-order valence-electron chi connectivity index (χ0n) is 11.9. The van der Waals surface area contributed by atoms with Crippen molar-refractivity contribution in [3.05, 3.63) is 34.4 Å². The summed E-state index contributed by atoms with van der Waals surface area (Å²) in [5.74, 6) is 0.177. The molecule has 1 aliphatic rings. The average Bonchev–Trinajstić information content (AvgIpc) is 2.48. The van der Waals surface area contributed by atoms with Crippen LogP contribution in [0.5, 0.6) is 0 Å². The molecular weight excluding hydrogens is 272 g/mol. The lowest BCUT2D eigenvalue weighted by atomic mass is 10.1. The standard InChI is InChI=1S/C14H18N4O3/c1-11(19)14(17-9-5-2-6-10-17)16-15-12-7-3-4-8-13(12)18(20)21/h3-4,7-8,15H,2,5-6,9-10H2,1H3/b16-14+. The predicted octanol–water partition coefficient (Wildman–Crippen LogP) is 2.40. The molecule has 1 aromatic carbocycles. The van der Waals surface area contributed by atoms with Gasteiger partial charge in [-0.2, -0.15) is 5.10 Å². The number of nitrogens with one attached hydrogen (secondary N) is 1. The van der Waals surface area contributed by atoms with Crippen LogP contribution in [0.3, 0.4) is 0 Å². The van der Waals surface area contributed by atoms with Gasteiger partial charge in [0.25, 0.3) is 5.69 Å². The first-order valence-electron chi connectivity index (χ1n) is 6.92. The molecule has 0 unspecified atom stereocenters. The van der Waals surface area contributed by atoms with E-state index in [2.05, 4.69) is 10.5 Å². The zero-order chi connectivity index (χ0) is 15.2. The second-order valence-electron chi connectivity index (χ2n) is 4.93. The molecule has 1 aliphatic heterocycles. The third-order valence-corrected chi connectivity index (χ3v) is 3.35. The normalized spacial score (nSPS) is 15.7. The summed E-state index contributed by atoms with van der Waals surface area (Å²) in [4.78, 5) is 24.1. The lowest BCUT2D eigenvalue weighted by Crippen LogP contribution is -2.39. The number of hydrazone groups is 1. The maximum atomic E-state index is 11.7. The van der Waals surface area contributed by atoms with E-state index in [1.54, 1.807) is 18.2 Å². The molecule has 1 saturated heterocycles. The summed E-state index contributed by atoms with van der Waals surface area (Å²) in [6.07, 6.45) is 3.20. The largest absolute Gasteiger partial charge is 0.352 e.